The molecule has 0 amide bonds. The summed E-state index contributed by atoms with van der Waals surface area (Å²) in [5.41, 5.74) is 0.534. The molecule has 1 atom stereocenters. The topological polar surface area (TPSA) is 82.0 Å². The fourth-order valence-corrected chi connectivity index (χ4v) is 3.13. The maximum absolute atomic E-state index is 11.1. The van der Waals surface area contributed by atoms with Gasteiger partial charge < -0.3 is 20.3 Å². The first-order valence-electron chi connectivity index (χ1n) is 7.92. The minimum atomic E-state index is -0.470. The number of carbonyl (C=O) groups is 1. The van der Waals surface area contributed by atoms with Crippen LogP contribution in [0.15, 0.2) is 18.2 Å². The van der Waals surface area contributed by atoms with E-state index >= 15 is 0 Å². The van der Waals surface area contributed by atoms with Crippen LogP contribution < -0.4 is 10.1 Å². The summed E-state index contributed by atoms with van der Waals surface area (Å²) in [7, 11) is 0. The molecule has 0 aromatic heterocycles. The van der Waals surface area contributed by atoms with Crippen LogP contribution in [0, 0.1) is 5.41 Å². The van der Waals surface area contributed by atoms with Crippen LogP contribution >= 0.6 is 12.4 Å². The average Bonchev–Trinajstić information content (AvgIpc) is 2.50. The number of hydrogen-bond donors (Lipinski definition) is 3. The third-order valence-electron chi connectivity index (χ3n) is 4.22. The van der Waals surface area contributed by atoms with Gasteiger partial charge in [-0.1, -0.05) is 19.9 Å². The number of ether oxygens (including phenoxy) is 1. The van der Waals surface area contributed by atoms with E-state index in [0.29, 0.717) is 0 Å². The molecule has 1 aliphatic heterocycles. The van der Waals surface area contributed by atoms with Crippen molar-refractivity contribution in [1.82, 2.24) is 10.2 Å². The molecule has 1 aromatic rings. The Morgan fingerprint density at radius 3 is 2.50 bits per heavy atom. The van der Waals surface area contributed by atoms with Crippen LogP contribution in [0.5, 0.6) is 11.5 Å². The molecule has 2 rings (SSSR count). The molecule has 24 heavy (non-hydrogen) atoms. The highest BCUT2D eigenvalue weighted by molar-refractivity contribution is 5.85. The second-order valence-corrected chi connectivity index (χ2v) is 6.66. The lowest BCUT2D eigenvalue weighted by molar-refractivity contribution is -0.132. The van der Waals surface area contributed by atoms with E-state index in [1.807, 2.05) is 19.9 Å². The van der Waals surface area contributed by atoms with Gasteiger partial charge in [0.2, 0.25) is 0 Å². The van der Waals surface area contributed by atoms with Crippen molar-refractivity contribution in [2.45, 2.75) is 26.8 Å². The standard InChI is InChI=1S/C17H26N2O4.ClH/c1-12(21)23-15-5-4-13(10-14(15)22)16(17(2,3)11-20)19-8-6-18-7-9-19;/h4-5,10,16,18,20,22H,6-9,11H2,1-3H3;1H/t16-;/m1./s1. The predicted octanol–water partition coefficient (Wildman–Crippen LogP) is 1.70. The van der Waals surface area contributed by atoms with Gasteiger partial charge in [-0.15, -0.1) is 12.4 Å². The predicted molar refractivity (Wildman–Crippen MR) is 94.7 cm³/mol. The largest absolute Gasteiger partial charge is 0.504 e. The number of aliphatic hydroxyl groups excluding tert-OH is 1. The van der Waals surface area contributed by atoms with Gasteiger partial charge in [0, 0.05) is 51.2 Å². The Hall–Kier alpha value is -1.34. The summed E-state index contributed by atoms with van der Waals surface area (Å²) < 4.78 is 4.98. The molecule has 0 aliphatic carbocycles. The highest BCUT2D eigenvalue weighted by atomic mass is 35.5. The first-order chi connectivity index (χ1) is 10.8. The second kappa shape index (κ2) is 8.67. The van der Waals surface area contributed by atoms with Crippen LogP contribution in [0.2, 0.25) is 0 Å². The van der Waals surface area contributed by atoms with Crippen molar-refractivity contribution >= 4 is 18.4 Å². The summed E-state index contributed by atoms with van der Waals surface area (Å²) in [6, 6.07) is 5.05. The normalized spacial score (nSPS) is 17.0. The number of hydrogen-bond acceptors (Lipinski definition) is 6. The van der Waals surface area contributed by atoms with Gasteiger partial charge in [-0.3, -0.25) is 9.69 Å². The summed E-state index contributed by atoms with van der Waals surface area (Å²) >= 11 is 0. The average molecular weight is 359 g/mol. The number of rotatable bonds is 5. The van der Waals surface area contributed by atoms with Crippen LogP contribution in [0.3, 0.4) is 0 Å². The van der Waals surface area contributed by atoms with E-state index in [0.717, 1.165) is 31.7 Å². The van der Waals surface area contributed by atoms with Gasteiger partial charge in [-0.2, -0.15) is 0 Å². The molecule has 1 saturated heterocycles. The molecule has 6 nitrogen and oxygen atoms in total. The molecule has 0 saturated carbocycles. The van der Waals surface area contributed by atoms with Crippen molar-refractivity contribution in [3.05, 3.63) is 23.8 Å². The maximum Gasteiger partial charge on any atom is 0.308 e. The summed E-state index contributed by atoms with van der Waals surface area (Å²) in [6.45, 7) is 8.90. The molecule has 136 valence electrons. The number of nitrogens with one attached hydrogen (secondary N) is 1. The minimum Gasteiger partial charge on any atom is -0.504 e. The summed E-state index contributed by atoms with van der Waals surface area (Å²) in [4.78, 5) is 13.4. The maximum atomic E-state index is 11.1. The fourth-order valence-electron chi connectivity index (χ4n) is 3.13. The van der Waals surface area contributed by atoms with Crippen molar-refractivity contribution < 1.29 is 19.7 Å². The van der Waals surface area contributed by atoms with E-state index in [1.54, 1.807) is 12.1 Å². The monoisotopic (exact) mass is 358 g/mol. The van der Waals surface area contributed by atoms with E-state index in [1.165, 1.54) is 6.92 Å². The molecule has 0 unspecified atom stereocenters. The van der Waals surface area contributed by atoms with Gasteiger partial charge in [-0.25, -0.2) is 0 Å². The number of carbonyl (C=O) groups excluding carboxylic acids is 1. The number of aliphatic hydroxyl groups is 1. The number of benzene rings is 1. The molecule has 1 aliphatic rings. The number of nitrogens with zero attached hydrogens (tertiary/aromatic N) is 1. The van der Waals surface area contributed by atoms with Crippen LogP contribution in [-0.4, -0.2) is 53.9 Å². The van der Waals surface area contributed by atoms with Crippen molar-refractivity contribution in [3.63, 3.8) is 0 Å². The van der Waals surface area contributed by atoms with E-state index < -0.39 is 5.97 Å². The van der Waals surface area contributed by atoms with Crippen LogP contribution in [0.4, 0.5) is 0 Å². The SMILES string of the molecule is CC(=O)Oc1ccc([C@@H](N2CCNCC2)C(C)(C)CO)cc1O.Cl. The van der Waals surface area contributed by atoms with Crippen LogP contribution in [0.1, 0.15) is 32.4 Å². The summed E-state index contributed by atoms with van der Waals surface area (Å²) in [6.07, 6.45) is 0. The lowest BCUT2D eigenvalue weighted by Gasteiger charge is -2.43. The summed E-state index contributed by atoms with van der Waals surface area (Å²) in [5.74, 6) is -0.379. The Labute approximate surface area is 149 Å². The molecule has 3 N–H and O–H groups in total. The molecule has 1 fully saturated rings. The molecular formula is C17H27ClN2O4. The third-order valence-corrected chi connectivity index (χ3v) is 4.22. The lowest BCUT2D eigenvalue weighted by atomic mass is 9.79. The smallest absolute Gasteiger partial charge is 0.308 e. The zero-order chi connectivity index (χ0) is 17.0. The second-order valence-electron chi connectivity index (χ2n) is 6.66. The van der Waals surface area contributed by atoms with Crippen LogP contribution in [-0.2, 0) is 4.79 Å². The molecule has 7 heteroatoms. The van der Waals surface area contributed by atoms with E-state index in [2.05, 4.69) is 10.2 Å². The first kappa shape index (κ1) is 20.7. The van der Waals surface area contributed by atoms with Gasteiger partial charge >= 0.3 is 5.97 Å². The highest BCUT2D eigenvalue weighted by Crippen LogP contribution is 2.41. The number of halogens is 1. The van der Waals surface area contributed by atoms with Crippen LogP contribution in [0.25, 0.3) is 0 Å². The molecule has 0 radical (unpaired) electrons. The lowest BCUT2D eigenvalue weighted by Crippen LogP contribution is -2.49. The zero-order valence-electron chi connectivity index (χ0n) is 14.4. The molecule has 1 aromatic carbocycles. The Balaban J connectivity index is 0.00000288. The molecule has 0 bridgehead atoms. The fraction of sp³-hybridized carbons (Fsp3) is 0.588. The van der Waals surface area contributed by atoms with Crippen molar-refractivity contribution in [2.75, 3.05) is 32.8 Å². The number of phenolic OH excluding ortho intramolecular Hbond substituents is 1. The Bertz CT molecular complexity index is 560. The highest BCUT2D eigenvalue weighted by Gasteiger charge is 2.36. The number of phenols is 1. The Kier molecular flexibility index (Phi) is 7.48. The van der Waals surface area contributed by atoms with Crippen molar-refractivity contribution in [1.29, 1.82) is 0 Å². The van der Waals surface area contributed by atoms with E-state index in [-0.39, 0.29) is 42.0 Å². The van der Waals surface area contributed by atoms with Gasteiger partial charge in [0.1, 0.15) is 0 Å². The molecular weight excluding hydrogens is 332 g/mol. The van der Waals surface area contributed by atoms with E-state index in [9.17, 15) is 15.0 Å². The Morgan fingerprint density at radius 1 is 1.38 bits per heavy atom. The number of piperazine rings is 1. The van der Waals surface area contributed by atoms with Crippen molar-refractivity contribution in [3.8, 4) is 11.5 Å². The number of aromatic hydroxyl groups is 1. The van der Waals surface area contributed by atoms with E-state index in [4.69, 9.17) is 4.74 Å². The minimum absolute atomic E-state index is 0. The van der Waals surface area contributed by atoms with Gasteiger partial charge in [0.05, 0.1) is 0 Å². The van der Waals surface area contributed by atoms with Gasteiger partial charge in [-0.05, 0) is 17.7 Å². The molecule has 0 spiro atoms. The van der Waals surface area contributed by atoms with Crippen molar-refractivity contribution in [2.24, 2.45) is 5.41 Å². The zero-order valence-corrected chi connectivity index (χ0v) is 15.2. The third kappa shape index (κ3) is 4.83. The summed E-state index contributed by atoms with van der Waals surface area (Å²) in [5, 5.41) is 23.3. The quantitative estimate of drug-likeness (QED) is 0.549. The van der Waals surface area contributed by atoms with Gasteiger partial charge in [0.25, 0.3) is 0 Å². The molecule has 1 heterocycles. The van der Waals surface area contributed by atoms with Gasteiger partial charge in [0.15, 0.2) is 11.5 Å². The Morgan fingerprint density at radius 2 is 2.00 bits per heavy atom. The number of esters is 1. The first-order valence-corrected chi connectivity index (χ1v) is 7.92.